The molecule has 4 rings (SSSR count). The van der Waals surface area contributed by atoms with Crippen LogP contribution in [0.2, 0.25) is 0 Å². The number of carbonyl (C=O) groups is 1. The number of fused-ring (bicyclic) bond motifs is 2. The number of carboxylic acid groups (broad SMARTS) is 1. The molecule has 0 saturated carbocycles. The summed E-state index contributed by atoms with van der Waals surface area (Å²) in [5, 5.41) is 13.3. The van der Waals surface area contributed by atoms with Crippen LogP contribution in [0.15, 0.2) is 29.3 Å². The van der Waals surface area contributed by atoms with E-state index >= 15 is 0 Å². The third-order valence-corrected chi connectivity index (χ3v) is 6.28. The Labute approximate surface area is 144 Å². The van der Waals surface area contributed by atoms with Gasteiger partial charge in [-0.05, 0) is 36.6 Å². The second-order valence-corrected chi connectivity index (χ2v) is 7.90. The SMILES string of the molecule is O=C(O)c1ccc2c(c1)CCCN2S(=O)(=O)c1cnn2c1OCCC2. The first-order valence-electron chi connectivity index (χ1n) is 8.06. The molecule has 0 fully saturated rings. The molecule has 9 heteroatoms. The van der Waals surface area contributed by atoms with E-state index in [0.29, 0.717) is 38.2 Å². The smallest absolute Gasteiger partial charge is 0.335 e. The highest BCUT2D eigenvalue weighted by atomic mass is 32.2. The largest absolute Gasteiger partial charge is 0.478 e. The third kappa shape index (κ3) is 2.55. The van der Waals surface area contributed by atoms with Crippen LogP contribution in [0.4, 0.5) is 5.69 Å². The Morgan fingerprint density at radius 2 is 2.08 bits per heavy atom. The molecular formula is C16H17N3O5S. The van der Waals surface area contributed by atoms with Crippen LogP contribution in [0.1, 0.15) is 28.8 Å². The Morgan fingerprint density at radius 1 is 1.24 bits per heavy atom. The summed E-state index contributed by atoms with van der Waals surface area (Å²) >= 11 is 0. The second-order valence-electron chi connectivity index (χ2n) is 6.07. The molecule has 0 amide bonds. The van der Waals surface area contributed by atoms with Gasteiger partial charge in [-0.3, -0.25) is 4.31 Å². The zero-order valence-corrected chi connectivity index (χ0v) is 14.2. The molecule has 1 aromatic heterocycles. The van der Waals surface area contributed by atoms with Gasteiger partial charge in [0.15, 0.2) is 4.90 Å². The number of hydrogen-bond donors (Lipinski definition) is 1. The van der Waals surface area contributed by atoms with E-state index in [0.717, 1.165) is 12.0 Å². The summed E-state index contributed by atoms with van der Waals surface area (Å²) < 4.78 is 34.8. The van der Waals surface area contributed by atoms with Crippen molar-refractivity contribution in [3.8, 4) is 5.88 Å². The molecule has 0 atom stereocenters. The number of rotatable bonds is 3. The van der Waals surface area contributed by atoms with Gasteiger partial charge in [-0.1, -0.05) is 0 Å². The molecule has 8 nitrogen and oxygen atoms in total. The number of aromatic nitrogens is 2. The highest BCUT2D eigenvalue weighted by Gasteiger charge is 2.34. The van der Waals surface area contributed by atoms with Crippen molar-refractivity contribution in [2.24, 2.45) is 0 Å². The lowest BCUT2D eigenvalue weighted by Gasteiger charge is -2.30. The van der Waals surface area contributed by atoms with Gasteiger partial charge in [-0.25, -0.2) is 17.9 Å². The van der Waals surface area contributed by atoms with Crippen molar-refractivity contribution in [1.29, 1.82) is 0 Å². The van der Waals surface area contributed by atoms with Gasteiger partial charge >= 0.3 is 5.97 Å². The molecule has 2 aliphatic heterocycles. The fraction of sp³-hybridized carbons (Fsp3) is 0.375. The van der Waals surface area contributed by atoms with E-state index in [9.17, 15) is 13.2 Å². The first-order chi connectivity index (χ1) is 12.0. The lowest BCUT2D eigenvalue weighted by atomic mass is 10.0. The Bertz CT molecular complexity index is 951. The fourth-order valence-electron chi connectivity index (χ4n) is 3.29. The summed E-state index contributed by atoms with van der Waals surface area (Å²) in [7, 11) is -3.83. The molecule has 3 heterocycles. The predicted octanol–water partition coefficient (Wildman–Crippen LogP) is 1.51. The van der Waals surface area contributed by atoms with Crippen LogP contribution >= 0.6 is 0 Å². The highest BCUT2D eigenvalue weighted by molar-refractivity contribution is 7.93. The van der Waals surface area contributed by atoms with E-state index < -0.39 is 16.0 Å². The summed E-state index contributed by atoms with van der Waals surface area (Å²) in [5.41, 5.74) is 1.40. The maximum Gasteiger partial charge on any atom is 0.335 e. The molecule has 0 bridgehead atoms. The van der Waals surface area contributed by atoms with Gasteiger partial charge in [-0.2, -0.15) is 5.10 Å². The van der Waals surface area contributed by atoms with Crippen molar-refractivity contribution >= 4 is 21.7 Å². The van der Waals surface area contributed by atoms with Crippen molar-refractivity contribution in [3.63, 3.8) is 0 Å². The first kappa shape index (κ1) is 15.9. The number of benzene rings is 1. The Kier molecular flexibility index (Phi) is 3.68. The van der Waals surface area contributed by atoms with Crippen LogP contribution in [0.3, 0.4) is 0 Å². The van der Waals surface area contributed by atoms with Gasteiger partial charge in [0.2, 0.25) is 5.88 Å². The zero-order chi connectivity index (χ0) is 17.6. The molecule has 2 aliphatic rings. The minimum Gasteiger partial charge on any atom is -0.478 e. The van der Waals surface area contributed by atoms with Gasteiger partial charge in [0.05, 0.1) is 24.1 Å². The Balaban J connectivity index is 1.78. The second kappa shape index (κ2) is 5.76. The number of carboxylic acids is 1. The molecular weight excluding hydrogens is 346 g/mol. The van der Waals surface area contributed by atoms with Crippen molar-refractivity contribution < 1.29 is 23.1 Å². The Morgan fingerprint density at radius 3 is 2.88 bits per heavy atom. The summed E-state index contributed by atoms with van der Waals surface area (Å²) in [5.74, 6) is -0.748. The summed E-state index contributed by atoms with van der Waals surface area (Å²) in [4.78, 5) is 11.2. The maximum absolute atomic E-state index is 13.2. The summed E-state index contributed by atoms with van der Waals surface area (Å²) in [6.45, 7) is 1.43. The van der Waals surface area contributed by atoms with E-state index in [1.165, 1.54) is 16.6 Å². The van der Waals surface area contributed by atoms with E-state index in [-0.39, 0.29) is 16.3 Å². The van der Waals surface area contributed by atoms with E-state index in [2.05, 4.69) is 5.10 Å². The Hall–Kier alpha value is -2.55. The average molecular weight is 363 g/mol. The maximum atomic E-state index is 13.2. The van der Waals surface area contributed by atoms with Gasteiger partial charge in [0.1, 0.15) is 0 Å². The van der Waals surface area contributed by atoms with Gasteiger partial charge in [0, 0.05) is 19.5 Å². The molecule has 0 spiro atoms. The molecule has 0 saturated heterocycles. The number of sulfonamides is 1. The predicted molar refractivity (Wildman–Crippen MR) is 88.6 cm³/mol. The van der Waals surface area contributed by atoms with Crippen molar-refractivity contribution in [1.82, 2.24) is 9.78 Å². The third-order valence-electron chi connectivity index (χ3n) is 4.48. The number of hydrogen-bond acceptors (Lipinski definition) is 5. The van der Waals surface area contributed by atoms with Gasteiger partial charge in [0.25, 0.3) is 10.0 Å². The topological polar surface area (TPSA) is 102 Å². The quantitative estimate of drug-likeness (QED) is 0.887. The zero-order valence-electron chi connectivity index (χ0n) is 13.4. The number of ether oxygens (including phenoxy) is 1. The lowest BCUT2D eigenvalue weighted by Crippen LogP contribution is -2.35. The van der Waals surface area contributed by atoms with E-state index in [1.807, 2.05) is 0 Å². The minimum absolute atomic E-state index is 0.0577. The molecule has 1 aromatic carbocycles. The molecule has 1 N–H and O–H groups in total. The van der Waals surface area contributed by atoms with E-state index in [1.54, 1.807) is 16.8 Å². The van der Waals surface area contributed by atoms with Crippen molar-refractivity contribution in [3.05, 3.63) is 35.5 Å². The van der Waals surface area contributed by atoms with Gasteiger partial charge < -0.3 is 9.84 Å². The summed E-state index contributed by atoms with van der Waals surface area (Å²) in [6, 6.07) is 4.54. The van der Waals surface area contributed by atoms with Crippen LogP contribution in [-0.2, 0) is 23.0 Å². The monoisotopic (exact) mass is 363 g/mol. The average Bonchev–Trinajstić information content (AvgIpc) is 3.05. The van der Waals surface area contributed by atoms with Crippen LogP contribution in [0, 0.1) is 0 Å². The van der Waals surface area contributed by atoms with Crippen molar-refractivity contribution in [2.75, 3.05) is 17.5 Å². The van der Waals surface area contributed by atoms with Crippen LogP contribution in [0.5, 0.6) is 5.88 Å². The van der Waals surface area contributed by atoms with Crippen LogP contribution in [-0.4, -0.2) is 42.4 Å². The van der Waals surface area contributed by atoms with E-state index in [4.69, 9.17) is 9.84 Å². The summed E-state index contributed by atoms with van der Waals surface area (Å²) in [6.07, 6.45) is 3.39. The molecule has 2 aromatic rings. The molecule has 0 unspecified atom stereocenters. The number of aromatic carboxylic acids is 1. The first-order valence-corrected chi connectivity index (χ1v) is 9.50. The van der Waals surface area contributed by atoms with Crippen molar-refractivity contribution in [2.45, 2.75) is 30.7 Å². The standard InChI is InChI=1S/C16H17N3O5S/c20-16(21)12-4-5-13-11(9-12)3-1-7-19(13)25(22,23)14-10-17-18-6-2-8-24-15(14)18/h4-5,9-10H,1-3,6-8H2,(H,20,21). The number of anilines is 1. The number of nitrogens with zero attached hydrogens (tertiary/aromatic N) is 3. The molecule has 25 heavy (non-hydrogen) atoms. The lowest BCUT2D eigenvalue weighted by molar-refractivity contribution is 0.0696. The minimum atomic E-state index is -3.83. The van der Waals surface area contributed by atoms with Gasteiger partial charge in [-0.15, -0.1) is 0 Å². The molecule has 132 valence electrons. The normalized spacial score (nSPS) is 16.7. The molecule has 0 radical (unpaired) electrons. The number of aryl methyl sites for hydroxylation is 2. The highest BCUT2D eigenvalue weighted by Crippen LogP contribution is 2.36. The van der Waals surface area contributed by atoms with Crippen LogP contribution in [0.25, 0.3) is 0 Å². The fourth-order valence-corrected chi connectivity index (χ4v) is 4.90. The van der Waals surface area contributed by atoms with Crippen LogP contribution < -0.4 is 9.04 Å². The molecule has 0 aliphatic carbocycles.